The first-order valence-corrected chi connectivity index (χ1v) is 25.5. The van der Waals surface area contributed by atoms with E-state index in [2.05, 4.69) is 261 Å². The first-order valence-electron chi connectivity index (χ1n) is 25.5. The highest BCUT2D eigenvalue weighted by atomic mass is 15.1. The first kappa shape index (κ1) is 41.7. The smallest absolute Gasteiger partial charge is 0.0723 e. The summed E-state index contributed by atoms with van der Waals surface area (Å²) in [5.41, 5.74) is 28.3. The summed E-state index contributed by atoms with van der Waals surface area (Å²) in [7, 11) is 0. The van der Waals surface area contributed by atoms with Gasteiger partial charge in [-0.15, -0.1) is 0 Å². The van der Waals surface area contributed by atoms with E-state index in [1.165, 1.54) is 106 Å². The van der Waals surface area contributed by atoms with Crippen molar-refractivity contribution < 1.29 is 0 Å². The lowest BCUT2D eigenvalue weighted by molar-refractivity contribution is 0.660. The van der Waals surface area contributed by atoms with Gasteiger partial charge in [-0.05, 0) is 156 Å². The van der Waals surface area contributed by atoms with Crippen molar-refractivity contribution in [1.29, 1.82) is 0 Å². The van der Waals surface area contributed by atoms with Crippen molar-refractivity contribution in [2.24, 2.45) is 0 Å². The van der Waals surface area contributed by atoms with E-state index in [1.807, 2.05) is 0 Å². The van der Waals surface area contributed by atoms with E-state index >= 15 is 0 Å². The summed E-state index contributed by atoms with van der Waals surface area (Å²) in [6, 6.07) is 82.3. The molecule has 1 heteroatoms. The highest BCUT2D eigenvalue weighted by Gasteiger charge is 2.53. The fourth-order valence-electron chi connectivity index (χ4n) is 13.3. The normalized spacial score (nSPS) is 18.5. The second-order valence-corrected chi connectivity index (χ2v) is 20.6. The zero-order valence-electron chi connectivity index (χ0n) is 40.2. The van der Waals surface area contributed by atoms with Gasteiger partial charge in [0.1, 0.15) is 0 Å². The lowest BCUT2D eigenvalue weighted by Crippen LogP contribution is -2.27. The van der Waals surface area contributed by atoms with Crippen LogP contribution >= 0.6 is 0 Å². The number of hydrogen-bond donors (Lipinski definition) is 0. The van der Waals surface area contributed by atoms with Crippen molar-refractivity contribution in [3.8, 4) is 33.4 Å². The molecular formula is C70H53N. The Morgan fingerprint density at radius 1 is 0.451 bits per heavy atom. The highest BCUT2D eigenvalue weighted by molar-refractivity contribution is 5.99. The number of para-hydroxylation sites is 1. The number of hydrogen-bond acceptors (Lipinski definition) is 1. The molecular weight excluding hydrogens is 855 g/mol. The van der Waals surface area contributed by atoms with E-state index in [4.69, 9.17) is 0 Å². The molecule has 5 aliphatic carbocycles. The second-order valence-electron chi connectivity index (χ2n) is 20.6. The van der Waals surface area contributed by atoms with Crippen LogP contribution in [-0.2, 0) is 10.8 Å². The Morgan fingerprint density at radius 3 is 1.83 bits per heavy atom. The molecule has 0 aromatic heterocycles. The molecule has 2 atom stereocenters. The van der Waals surface area contributed by atoms with Crippen molar-refractivity contribution in [2.45, 2.75) is 49.9 Å². The Morgan fingerprint density at radius 2 is 1.04 bits per heavy atom. The molecule has 2 unspecified atom stereocenters. The molecule has 0 heterocycles. The molecule has 338 valence electrons. The third kappa shape index (κ3) is 6.32. The molecule has 0 bridgehead atoms. The first-order chi connectivity index (χ1) is 35.0. The number of fused-ring (bicyclic) bond motifs is 12. The summed E-state index contributed by atoms with van der Waals surface area (Å²) in [4.78, 5) is 2.54. The lowest BCUT2D eigenvalue weighted by atomic mass is 9.68. The summed E-state index contributed by atoms with van der Waals surface area (Å²) in [6.45, 7) is 4.74. The maximum absolute atomic E-state index is 2.59. The van der Waals surface area contributed by atoms with Gasteiger partial charge < -0.3 is 4.90 Å². The van der Waals surface area contributed by atoms with Gasteiger partial charge in [-0.25, -0.2) is 0 Å². The molecule has 9 aromatic carbocycles. The van der Waals surface area contributed by atoms with Gasteiger partial charge in [0.05, 0.1) is 11.1 Å². The fourth-order valence-corrected chi connectivity index (χ4v) is 13.3. The Balaban J connectivity index is 0.995. The van der Waals surface area contributed by atoms with Gasteiger partial charge in [0.15, 0.2) is 0 Å². The quantitative estimate of drug-likeness (QED) is 0.154. The van der Waals surface area contributed by atoms with Crippen LogP contribution < -0.4 is 4.90 Å². The third-order valence-electron chi connectivity index (χ3n) is 16.5. The summed E-state index contributed by atoms with van der Waals surface area (Å²) >= 11 is 0. The SMILES string of the molecule is CC1(C)c2ccccc2-c2cc(N(c3ccc4c(c3)C3(C5=C(CCC=C5)c5ccccc53)c3cc(C5=CC(c6ccccc6)=CC(c6ccccc6)C5)ccc3-4)c3ccccc3-c3ccccc3)ccc21. The van der Waals surface area contributed by atoms with Crippen LogP contribution in [0.3, 0.4) is 0 Å². The predicted molar refractivity (Wildman–Crippen MR) is 297 cm³/mol. The Hall–Kier alpha value is -8.26. The zero-order valence-corrected chi connectivity index (χ0v) is 40.2. The average molecular weight is 908 g/mol. The molecule has 1 spiro atoms. The summed E-state index contributed by atoms with van der Waals surface area (Å²) in [5, 5.41) is 0. The molecule has 9 aromatic rings. The van der Waals surface area contributed by atoms with Gasteiger partial charge in [-0.3, -0.25) is 0 Å². The lowest BCUT2D eigenvalue weighted by Gasteiger charge is -2.34. The van der Waals surface area contributed by atoms with Crippen molar-refractivity contribution >= 4 is 33.8 Å². The molecule has 0 N–H and O–H groups in total. The maximum Gasteiger partial charge on any atom is 0.0723 e. The third-order valence-corrected chi connectivity index (χ3v) is 16.5. The molecule has 71 heavy (non-hydrogen) atoms. The van der Waals surface area contributed by atoms with Crippen LogP contribution in [0, 0.1) is 0 Å². The van der Waals surface area contributed by atoms with Crippen LogP contribution in [0.4, 0.5) is 17.1 Å². The molecule has 14 rings (SSSR count). The predicted octanol–water partition coefficient (Wildman–Crippen LogP) is 18.2. The Bertz CT molecular complexity index is 3750. The number of anilines is 3. The molecule has 0 aliphatic heterocycles. The Labute approximate surface area is 418 Å². The van der Waals surface area contributed by atoms with E-state index < -0.39 is 5.41 Å². The van der Waals surface area contributed by atoms with E-state index in [0.29, 0.717) is 0 Å². The molecule has 0 fully saturated rings. The number of allylic oxidation sites excluding steroid dienone is 8. The number of benzene rings is 9. The topological polar surface area (TPSA) is 3.24 Å². The molecule has 0 saturated heterocycles. The van der Waals surface area contributed by atoms with Crippen molar-refractivity contribution in [2.75, 3.05) is 4.90 Å². The molecule has 0 radical (unpaired) electrons. The van der Waals surface area contributed by atoms with E-state index in [0.717, 1.165) is 36.3 Å². The van der Waals surface area contributed by atoms with Gasteiger partial charge in [-0.1, -0.05) is 220 Å². The summed E-state index contributed by atoms with van der Waals surface area (Å²) in [6.07, 6.45) is 12.9. The van der Waals surface area contributed by atoms with Crippen LogP contribution in [0.25, 0.3) is 50.1 Å². The largest absolute Gasteiger partial charge is 0.310 e. The monoisotopic (exact) mass is 907 g/mol. The highest BCUT2D eigenvalue weighted by Crippen LogP contribution is 2.64. The molecule has 5 aliphatic rings. The minimum atomic E-state index is -0.503. The molecule has 0 amide bonds. The van der Waals surface area contributed by atoms with E-state index in [9.17, 15) is 0 Å². The number of nitrogens with zero attached hydrogens (tertiary/aromatic N) is 1. The second kappa shape index (κ2) is 16.2. The van der Waals surface area contributed by atoms with Crippen LogP contribution in [0.1, 0.15) is 89.1 Å². The average Bonchev–Trinajstić information content (AvgIpc) is 3.99. The molecule has 0 saturated carbocycles. The summed E-state index contributed by atoms with van der Waals surface area (Å²) in [5.74, 6) is 0.264. The maximum atomic E-state index is 2.59. The van der Waals surface area contributed by atoms with Crippen molar-refractivity contribution in [3.05, 3.63) is 298 Å². The minimum Gasteiger partial charge on any atom is -0.310 e. The van der Waals surface area contributed by atoms with Crippen LogP contribution in [0.5, 0.6) is 0 Å². The molecule has 1 nitrogen and oxygen atoms in total. The van der Waals surface area contributed by atoms with Gasteiger partial charge in [0, 0.05) is 28.3 Å². The van der Waals surface area contributed by atoms with Gasteiger partial charge in [0.2, 0.25) is 0 Å². The van der Waals surface area contributed by atoms with Gasteiger partial charge in [0.25, 0.3) is 0 Å². The fraction of sp³-hybridized carbons (Fsp3) is 0.114. The minimum absolute atomic E-state index is 0.0911. The van der Waals surface area contributed by atoms with E-state index in [1.54, 1.807) is 0 Å². The van der Waals surface area contributed by atoms with Crippen LogP contribution in [-0.4, -0.2) is 0 Å². The standard InChI is InChI=1S/C70H53N/c1-69(2)62-30-16-12-29-58(62)61-44-53(36-39-63(61)69)71(68-33-19-15-26-55(68)48-24-10-5-11-25-48)54-35-38-60-59-37-34-49(52-41-50(46-20-6-3-7-21-46)40-51(42-52)47-22-8-4-9-23-47)43-66(59)70(67(60)45-54)64-31-17-13-27-56(64)57-28-14-18-32-65(57)70/h3-13,15-27,29-41,43-45,51H,14,28,42H2,1-2H3. The van der Waals surface area contributed by atoms with Gasteiger partial charge >= 0.3 is 0 Å². The van der Waals surface area contributed by atoms with Crippen molar-refractivity contribution in [3.63, 3.8) is 0 Å². The van der Waals surface area contributed by atoms with Crippen LogP contribution in [0.15, 0.2) is 248 Å². The van der Waals surface area contributed by atoms with Crippen LogP contribution in [0.2, 0.25) is 0 Å². The Kier molecular flexibility index (Phi) is 9.49. The summed E-state index contributed by atoms with van der Waals surface area (Å²) < 4.78 is 0. The zero-order chi connectivity index (χ0) is 47.3. The number of rotatable bonds is 7. The van der Waals surface area contributed by atoms with Gasteiger partial charge in [-0.2, -0.15) is 0 Å². The van der Waals surface area contributed by atoms with E-state index in [-0.39, 0.29) is 11.3 Å². The van der Waals surface area contributed by atoms with Crippen molar-refractivity contribution in [1.82, 2.24) is 0 Å².